The van der Waals surface area contributed by atoms with Crippen molar-refractivity contribution in [2.24, 2.45) is 0 Å². The van der Waals surface area contributed by atoms with E-state index in [1.807, 2.05) is 54.6 Å². The van der Waals surface area contributed by atoms with Gasteiger partial charge in [-0.15, -0.1) is 11.8 Å². The maximum Gasteiger partial charge on any atom is 0.230 e. The van der Waals surface area contributed by atoms with Crippen molar-refractivity contribution in [2.75, 3.05) is 5.75 Å². The molecule has 0 fully saturated rings. The first kappa shape index (κ1) is 15.6. The zero-order valence-electron chi connectivity index (χ0n) is 12.0. The zero-order chi connectivity index (χ0) is 15.1. The van der Waals surface area contributed by atoms with Gasteiger partial charge in [0.25, 0.3) is 0 Å². The van der Waals surface area contributed by atoms with Crippen molar-refractivity contribution in [3.8, 4) is 0 Å². The molecule has 4 heteroatoms. The number of benzene rings is 2. The monoisotopic (exact) mass is 301 g/mol. The van der Waals surface area contributed by atoms with Crippen LogP contribution >= 0.6 is 11.8 Å². The van der Waals surface area contributed by atoms with Crippen LogP contribution < -0.4 is 5.32 Å². The van der Waals surface area contributed by atoms with E-state index in [0.29, 0.717) is 12.3 Å². The summed E-state index contributed by atoms with van der Waals surface area (Å²) in [6, 6.07) is 17.5. The van der Waals surface area contributed by atoms with Gasteiger partial charge < -0.3 is 10.4 Å². The molecular formula is C17H19NO2S. The van der Waals surface area contributed by atoms with Crippen molar-refractivity contribution < 1.29 is 9.90 Å². The number of carbonyl (C=O) groups excluding carboxylic acids is 1. The largest absolute Gasteiger partial charge is 0.389 e. The van der Waals surface area contributed by atoms with Gasteiger partial charge in [0.15, 0.2) is 0 Å². The van der Waals surface area contributed by atoms with E-state index >= 15 is 0 Å². The van der Waals surface area contributed by atoms with E-state index in [4.69, 9.17) is 0 Å². The number of rotatable bonds is 6. The lowest BCUT2D eigenvalue weighted by Gasteiger charge is -2.08. The third-order valence-electron chi connectivity index (χ3n) is 3.04. The van der Waals surface area contributed by atoms with Crippen molar-refractivity contribution in [2.45, 2.75) is 24.5 Å². The van der Waals surface area contributed by atoms with Gasteiger partial charge in [0.1, 0.15) is 0 Å². The van der Waals surface area contributed by atoms with E-state index in [0.717, 1.165) is 16.0 Å². The number of aliphatic hydroxyl groups is 1. The molecule has 0 spiro atoms. The van der Waals surface area contributed by atoms with E-state index in [1.54, 1.807) is 6.92 Å². The molecule has 0 heterocycles. The second-order valence-electron chi connectivity index (χ2n) is 4.80. The average Bonchev–Trinajstić information content (AvgIpc) is 2.52. The van der Waals surface area contributed by atoms with Gasteiger partial charge in [-0.25, -0.2) is 0 Å². The molecule has 1 atom stereocenters. The number of thioether (sulfide) groups is 1. The summed E-state index contributed by atoms with van der Waals surface area (Å²) in [7, 11) is 0. The van der Waals surface area contributed by atoms with E-state index < -0.39 is 6.10 Å². The van der Waals surface area contributed by atoms with Gasteiger partial charge in [-0.2, -0.15) is 0 Å². The average molecular weight is 301 g/mol. The highest BCUT2D eigenvalue weighted by Gasteiger charge is 2.05. The molecule has 110 valence electrons. The molecule has 0 saturated heterocycles. The lowest BCUT2D eigenvalue weighted by atomic mass is 10.1. The molecule has 0 aliphatic carbocycles. The quantitative estimate of drug-likeness (QED) is 0.806. The molecule has 2 aromatic rings. The van der Waals surface area contributed by atoms with Gasteiger partial charge in [0.2, 0.25) is 5.91 Å². The Morgan fingerprint density at radius 3 is 2.67 bits per heavy atom. The Labute approximate surface area is 129 Å². The maximum atomic E-state index is 11.8. The smallest absolute Gasteiger partial charge is 0.230 e. The summed E-state index contributed by atoms with van der Waals surface area (Å²) in [5.74, 6) is 0.377. The van der Waals surface area contributed by atoms with Gasteiger partial charge in [-0.05, 0) is 30.2 Å². The molecule has 0 aliphatic heterocycles. The Kier molecular flexibility index (Phi) is 5.84. The van der Waals surface area contributed by atoms with Crippen molar-refractivity contribution in [1.29, 1.82) is 0 Å². The van der Waals surface area contributed by atoms with E-state index in [2.05, 4.69) is 5.32 Å². The van der Waals surface area contributed by atoms with Crippen LogP contribution in [0.1, 0.15) is 24.2 Å². The number of hydrogen-bond acceptors (Lipinski definition) is 3. The van der Waals surface area contributed by atoms with Gasteiger partial charge >= 0.3 is 0 Å². The Hall–Kier alpha value is -1.78. The lowest BCUT2D eigenvalue weighted by Crippen LogP contribution is -2.24. The highest BCUT2D eigenvalue weighted by atomic mass is 32.2. The van der Waals surface area contributed by atoms with E-state index in [-0.39, 0.29) is 5.91 Å². The third kappa shape index (κ3) is 5.25. The zero-order valence-corrected chi connectivity index (χ0v) is 12.8. The second kappa shape index (κ2) is 7.86. The minimum Gasteiger partial charge on any atom is -0.389 e. The third-order valence-corrected chi connectivity index (χ3v) is 4.04. The minimum absolute atomic E-state index is 0.00584. The molecule has 0 aliphatic rings. The number of hydrogen-bond donors (Lipinski definition) is 2. The predicted molar refractivity (Wildman–Crippen MR) is 86.1 cm³/mol. The first-order valence-corrected chi connectivity index (χ1v) is 7.85. The predicted octanol–water partition coefficient (Wildman–Crippen LogP) is 3.15. The summed E-state index contributed by atoms with van der Waals surface area (Å²) in [4.78, 5) is 12.8. The summed E-state index contributed by atoms with van der Waals surface area (Å²) in [6.45, 7) is 2.28. The van der Waals surface area contributed by atoms with Gasteiger partial charge in [0, 0.05) is 11.4 Å². The summed E-state index contributed by atoms with van der Waals surface area (Å²) >= 11 is 1.47. The summed E-state index contributed by atoms with van der Waals surface area (Å²) in [5.41, 5.74) is 1.96. The van der Waals surface area contributed by atoms with Crippen LogP contribution in [0.4, 0.5) is 0 Å². The molecule has 3 nitrogen and oxygen atoms in total. The lowest BCUT2D eigenvalue weighted by molar-refractivity contribution is -0.118. The molecule has 0 radical (unpaired) electrons. The molecule has 1 amide bonds. The van der Waals surface area contributed by atoms with E-state index in [1.165, 1.54) is 11.8 Å². The fraction of sp³-hybridized carbons (Fsp3) is 0.235. The van der Waals surface area contributed by atoms with Gasteiger partial charge in [-0.1, -0.05) is 42.5 Å². The fourth-order valence-electron chi connectivity index (χ4n) is 1.86. The SMILES string of the molecule is CC(O)c1cccc(SCC(=O)NCc2ccccc2)c1. The van der Waals surface area contributed by atoms with Crippen LogP contribution in [-0.4, -0.2) is 16.8 Å². The highest BCUT2D eigenvalue weighted by molar-refractivity contribution is 8.00. The molecule has 2 aromatic carbocycles. The number of carbonyl (C=O) groups is 1. The molecule has 0 bridgehead atoms. The van der Waals surface area contributed by atoms with Crippen molar-refractivity contribution in [1.82, 2.24) is 5.32 Å². The Bertz CT molecular complexity index is 584. The van der Waals surface area contributed by atoms with Crippen LogP contribution in [0, 0.1) is 0 Å². The normalized spacial score (nSPS) is 11.9. The number of aliphatic hydroxyl groups excluding tert-OH is 1. The molecule has 21 heavy (non-hydrogen) atoms. The van der Waals surface area contributed by atoms with Crippen LogP contribution in [-0.2, 0) is 11.3 Å². The molecule has 2 rings (SSSR count). The van der Waals surface area contributed by atoms with E-state index in [9.17, 15) is 9.90 Å². The Morgan fingerprint density at radius 2 is 1.95 bits per heavy atom. The highest BCUT2D eigenvalue weighted by Crippen LogP contribution is 2.22. The molecule has 0 saturated carbocycles. The first-order valence-electron chi connectivity index (χ1n) is 6.86. The summed E-state index contributed by atoms with van der Waals surface area (Å²) in [6.07, 6.45) is -0.488. The summed E-state index contributed by atoms with van der Waals surface area (Å²) < 4.78 is 0. The Morgan fingerprint density at radius 1 is 1.19 bits per heavy atom. The van der Waals surface area contributed by atoms with Crippen molar-refractivity contribution >= 4 is 17.7 Å². The van der Waals surface area contributed by atoms with Crippen molar-refractivity contribution in [3.05, 3.63) is 65.7 Å². The second-order valence-corrected chi connectivity index (χ2v) is 5.85. The molecular weight excluding hydrogens is 282 g/mol. The summed E-state index contributed by atoms with van der Waals surface area (Å²) in [5, 5.41) is 12.4. The number of nitrogens with one attached hydrogen (secondary N) is 1. The maximum absolute atomic E-state index is 11.8. The molecule has 0 aromatic heterocycles. The van der Waals surface area contributed by atoms with Gasteiger partial charge in [0.05, 0.1) is 11.9 Å². The minimum atomic E-state index is -0.488. The van der Waals surface area contributed by atoms with Gasteiger partial charge in [-0.3, -0.25) is 4.79 Å². The standard InChI is InChI=1S/C17H19NO2S/c1-13(19)15-8-5-9-16(10-15)21-12-17(20)18-11-14-6-3-2-4-7-14/h2-10,13,19H,11-12H2,1H3,(H,18,20). The first-order chi connectivity index (χ1) is 10.1. The fourth-order valence-corrected chi connectivity index (χ4v) is 2.65. The molecule has 2 N–H and O–H groups in total. The Balaban J connectivity index is 1.80. The van der Waals surface area contributed by atoms with Crippen LogP contribution in [0.2, 0.25) is 0 Å². The topological polar surface area (TPSA) is 49.3 Å². The van der Waals surface area contributed by atoms with Crippen molar-refractivity contribution in [3.63, 3.8) is 0 Å². The van der Waals surface area contributed by atoms with Crippen LogP contribution in [0.5, 0.6) is 0 Å². The van der Waals surface area contributed by atoms with Crippen LogP contribution in [0.3, 0.4) is 0 Å². The van der Waals surface area contributed by atoms with Crippen LogP contribution in [0.15, 0.2) is 59.5 Å². The molecule has 1 unspecified atom stereocenters. The number of amides is 1. The van der Waals surface area contributed by atoms with Crippen LogP contribution in [0.25, 0.3) is 0 Å².